The molecule has 0 aromatic heterocycles. The van der Waals surface area contributed by atoms with Crippen molar-refractivity contribution < 1.29 is 19.4 Å². The summed E-state index contributed by atoms with van der Waals surface area (Å²) in [6, 6.07) is 22.5. The highest BCUT2D eigenvalue weighted by Crippen LogP contribution is 2.37. The first-order valence-electron chi connectivity index (χ1n) is 11.6. The van der Waals surface area contributed by atoms with Crippen molar-refractivity contribution in [1.82, 2.24) is 0 Å². The molecule has 0 bridgehead atoms. The third-order valence-corrected chi connectivity index (χ3v) is 6.21. The second-order valence-electron chi connectivity index (χ2n) is 8.86. The fourth-order valence-electron chi connectivity index (χ4n) is 4.17. The number of carbonyl (C=O) groups excluding carboxylic acids is 2. The summed E-state index contributed by atoms with van der Waals surface area (Å²) in [6.45, 7) is 3.55. The van der Waals surface area contributed by atoms with Gasteiger partial charge >= 0.3 is 12.1 Å². The van der Waals surface area contributed by atoms with Crippen LogP contribution < -0.4 is 32.6 Å². The largest absolute Gasteiger partial charge is 0.470 e. The van der Waals surface area contributed by atoms with E-state index in [1.165, 1.54) is 0 Å². The lowest BCUT2D eigenvalue weighted by molar-refractivity contribution is -0.0801. The minimum absolute atomic E-state index is 0.147. The molecular formula is C27H33N5O4. The number of benzene rings is 3. The smallest absolute Gasteiger partial charge is 0.316 e. The number of ether oxygens (including phenoxy) is 1. The van der Waals surface area contributed by atoms with Crippen LogP contribution >= 0.6 is 0 Å². The number of anilines is 2. The van der Waals surface area contributed by atoms with Crippen molar-refractivity contribution in [1.29, 1.82) is 0 Å². The van der Waals surface area contributed by atoms with E-state index in [0.717, 1.165) is 11.1 Å². The van der Waals surface area contributed by atoms with Gasteiger partial charge in [-0.2, -0.15) is 0 Å². The zero-order valence-electron chi connectivity index (χ0n) is 20.3. The first-order valence-corrected chi connectivity index (χ1v) is 11.6. The number of nitrogens with two attached hydrogens (primary N) is 3. The van der Waals surface area contributed by atoms with Gasteiger partial charge in [-0.1, -0.05) is 49.4 Å². The van der Waals surface area contributed by atoms with Gasteiger partial charge in [0.2, 0.25) is 0 Å². The fourth-order valence-corrected chi connectivity index (χ4v) is 4.17. The van der Waals surface area contributed by atoms with Crippen LogP contribution in [0.25, 0.3) is 0 Å². The molecule has 0 aliphatic carbocycles. The van der Waals surface area contributed by atoms with Crippen LogP contribution in [0.4, 0.5) is 21.0 Å². The Hall–Kier alpha value is -4.08. The first-order chi connectivity index (χ1) is 17.1. The highest BCUT2D eigenvalue weighted by molar-refractivity contribution is 5.88. The number of rotatable bonds is 10. The number of aliphatic hydroxyl groups excluding tert-OH is 1. The molecule has 9 nitrogen and oxygen atoms in total. The molecule has 4 amide bonds. The average molecular weight is 492 g/mol. The van der Waals surface area contributed by atoms with Gasteiger partial charge < -0.3 is 31.9 Å². The van der Waals surface area contributed by atoms with Crippen LogP contribution in [0.2, 0.25) is 0 Å². The van der Waals surface area contributed by atoms with Crippen LogP contribution in [-0.4, -0.2) is 29.0 Å². The van der Waals surface area contributed by atoms with E-state index in [9.17, 15) is 14.7 Å². The standard InChI is InChI=1S/C27H33N5O4/c1-17(27(30,18(2)33)36-23-6-4-3-5-7-23)16-24(19-8-12-21(13-9-19)31-25(28)34)20-10-14-22(15-11-20)32-26(29)35/h3-15,17-18,24,33H,16,30H2,1-2H3,(H3,28,31,34)(H3,29,32,35)/t17-,18?,27?/m1/s1. The van der Waals surface area contributed by atoms with Crippen LogP contribution in [0.3, 0.4) is 0 Å². The number of aliphatic hydroxyl groups is 1. The Morgan fingerprint density at radius 3 is 1.67 bits per heavy atom. The van der Waals surface area contributed by atoms with E-state index < -0.39 is 23.9 Å². The number of nitrogens with one attached hydrogen (secondary N) is 2. The minimum atomic E-state index is -1.36. The van der Waals surface area contributed by atoms with E-state index in [1.807, 2.05) is 49.4 Å². The Bertz CT molecular complexity index is 1090. The third kappa shape index (κ3) is 6.74. The van der Waals surface area contributed by atoms with Crippen LogP contribution in [0.5, 0.6) is 5.75 Å². The summed E-state index contributed by atoms with van der Waals surface area (Å²) in [6.07, 6.45) is -0.433. The van der Waals surface area contributed by atoms with Crippen molar-refractivity contribution >= 4 is 23.4 Å². The number of amides is 4. The van der Waals surface area contributed by atoms with Gasteiger partial charge in [0, 0.05) is 23.2 Å². The van der Waals surface area contributed by atoms with Gasteiger partial charge in [0.05, 0.1) is 0 Å². The third-order valence-electron chi connectivity index (χ3n) is 6.21. The van der Waals surface area contributed by atoms with Crippen LogP contribution in [0.1, 0.15) is 37.3 Å². The number of para-hydroxylation sites is 1. The zero-order valence-corrected chi connectivity index (χ0v) is 20.3. The van der Waals surface area contributed by atoms with E-state index in [-0.39, 0.29) is 11.8 Å². The van der Waals surface area contributed by atoms with Crippen LogP contribution in [-0.2, 0) is 0 Å². The lowest BCUT2D eigenvalue weighted by atomic mass is 9.79. The molecule has 190 valence electrons. The SMILES string of the molecule is CC(O)C(N)(Oc1ccccc1)[C@H](C)CC(c1ccc(NC(N)=O)cc1)c1ccc(NC(N)=O)cc1. The monoisotopic (exact) mass is 491 g/mol. The Morgan fingerprint density at radius 1 is 0.833 bits per heavy atom. The Balaban J connectivity index is 1.94. The predicted molar refractivity (Wildman–Crippen MR) is 141 cm³/mol. The highest BCUT2D eigenvalue weighted by Gasteiger charge is 2.41. The number of hydrogen-bond acceptors (Lipinski definition) is 5. The van der Waals surface area contributed by atoms with Gasteiger partial charge in [0.25, 0.3) is 0 Å². The number of carbonyl (C=O) groups is 2. The molecule has 36 heavy (non-hydrogen) atoms. The van der Waals surface area contributed by atoms with Crippen molar-refractivity contribution in [3.63, 3.8) is 0 Å². The summed E-state index contributed by atoms with van der Waals surface area (Å²) in [5, 5.41) is 15.8. The molecule has 0 fully saturated rings. The summed E-state index contributed by atoms with van der Waals surface area (Å²) in [7, 11) is 0. The quantitative estimate of drug-likeness (QED) is 0.236. The van der Waals surface area contributed by atoms with E-state index in [0.29, 0.717) is 23.5 Å². The lowest BCUT2D eigenvalue weighted by Crippen LogP contribution is -2.59. The van der Waals surface area contributed by atoms with Crippen molar-refractivity contribution in [3.05, 3.63) is 90.0 Å². The van der Waals surface area contributed by atoms with Gasteiger partial charge in [-0.05, 0) is 60.9 Å². The van der Waals surface area contributed by atoms with Crippen LogP contribution in [0, 0.1) is 5.92 Å². The molecule has 3 aromatic carbocycles. The maximum absolute atomic E-state index is 11.2. The van der Waals surface area contributed by atoms with Gasteiger partial charge in [0.15, 0.2) is 5.72 Å². The lowest BCUT2D eigenvalue weighted by Gasteiger charge is -2.39. The zero-order chi connectivity index (χ0) is 26.3. The fraction of sp³-hybridized carbons (Fsp3) is 0.259. The molecule has 0 saturated carbocycles. The molecule has 9 N–H and O–H groups in total. The average Bonchev–Trinajstić information content (AvgIpc) is 2.83. The summed E-state index contributed by atoms with van der Waals surface area (Å²) >= 11 is 0. The first kappa shape index (κ1) is 26.5. The van der Waals surface area contributed by atoms with Crippen molar-refractivity contribution in [2.24, 2.45) is 23.1 Å². The van der Waals surface area contributed by atoms with Gasteiger partial charge in [-0.15, -0.1) is 0 Å². The molecule has 0 heterocycles. The number of urea groups is 2. The molecule has 0 aliphatic rings. The summed E-state index contributed by atoms with van der Waals surface area (Å²) in [5.74, 6) is 0.119. The van der Waals surface area contributed by atoms with Gasteiger partial charge in [-0.3, -0.25) is 5.73 Å². The topological polar surface area (TPSA) is 166 Å². The maximum atomic E-state index is 11.2. The maximum Gasteiger partial charge on any atom is 0.316 e. The normalized spacial score (nSPS) is 14.4. The second-order valence-corrected chi connectivity index (χ2v) is 8.86. The van der Waals surface area contributed by atoms with Crippen molar-refractivity contribution in [2.45, 2.75) is 38.0 Å². The second kappa shape index (κ2) is 11.6. The predicted octanol–water partition coefficient (Wildman–Crippen LogP) is 3.94. The summed E-state index contributed by atoms with van der Waals surface area (Å²) in [5.41, 5.74) is 18.8. The Morgan fingerprint density at radius 2 is 1.28 bits per heavy atom. The summed E-state index contributed by atoms with van der Waals surface area (Å²) in [4.78, 5) is 22.4. The van der Waals surface area contributed by atoms with E-state index in [4.69, 9.17) is 21.9 Å². The van der Waals surface area contributed by atoms with Crippen molar-refractivity contribution in [3.8, 4) is 5.75 Å². The molecule has 3 aromatic rings. The molecule has 0 radical (unpaired) electrons. The van der Waals surface area contributed by atoms with Crippen LogP contribution in [0.15, 0.2) is 78.9 Å². The Kier molecular flexibility index (Phi) is 8.52. The van der Waals surface area contributed by atoms with E-state index >= 15 is 0 Å². The molecule has 2 unspecified atom stereocenters. The van der Waals surface area contributed by atoms with E-state index in [2.05, 4.69) is 10.6 Å². The number of primary amides is 2. The summed E-state index contributed by atoms with van der Waals surface area (Å²) < 4.78 is 6.13. The van der Waals surface area contributed by atoms with Gasteiger partial charge in [-0.25, -0.2) is 9.59 Å². The highest BCUT2D eigenvalue weighted by atomic mass is 16.5. The van der Waals surface area contributed by atoms with Crippen molar-refractivity contribution in [2.75, 3.05) is 10.6 Å². The molecule has 0 saturated heterocycles. The molecule has 0 aliphatic heterocycles. The molecule has 9 heteroatoms. The molecule has 0 spiro atoms. The van der Waals surface area contributed by atoms with Gasteiger partial charge in [0.1, 0.15) is 11.9 Å². The number of hydrogen-bond donors (Lipinski definition) is 6. The molecule has 3 rings (SSSR count). The molecule has 3 atom stereocenters. The van der Waals surface area contributed by atoms with E-state index in [1.54, 1.807) is 43.3 Å². The minimum Gasteiger partial charge on any atom is -0.470 e. The Labute approximate surface area is 210 Å². The molecular weight excluding hydrogens is 458 g/mol.